The van der Waals surface area contributed by atoms with Crippen molar-refractivity contribution in [3.63, 3.8) is 0 Å². The van der Waals surface area contributed by atoms with Crippen LogP contribution < -0.4 is 4.90 Å². The number of anilines is 1. The molecule has 2 fully saturated rings. The van der Waals surface area contributed by atoms with Crippen LogP contribution in [-0.2, 0) is 19.4 Å². The van der Waals surface area contributed by atoms with E-state index < -0.39 is 0 Å². The van der Waals surface area contributed by atoms with Crippen molar-refractivity contribution < 1.29 is 4.42 Å². The van der Waals surface area contributed by atoms with Gasteiger partial charge in [-0.05, 0) is 31.6 Å². The van der Waals surface area contributed by atoms with Crippen molar-refractivity contribution in [1.82, 2.24) is 19.9 Å². The molecule has 0 aromatic carbocycles. The molecule has 1 aliphatic carbocycles. The SMILES string of the molecule is Cc1cc(N2CC3CN(Cc4nc5c(o4)CCC5)CC3C2)ncn1. The van der Waals surface area contributed by atoms with E-state index in [-0.39, 0.29) is 0 Å². The number of fused-ring (bicyclic) bond motifs is 2. The minimum atomic E-state index is 0.724. The largest absolute Gasteiger partial charge is 0.444 e. The Hall–Kier alpha value is -1.95. The second-order valence-corrected chi connectivity index (χ2v) is 7.47. The lowest BCUT2D eigenvalue weighted by Gasteiger charge is -2.21. The van der Waals surface area contributed by atoms with Crippen LogP contribution >= 0.6 is 0 Å². The molecule has 24 heavy (non-hydrogen) atoms. The van der Waals surface area contributed by atoms with Crippen LogP contribution in [0.3, 0.4) is 0 Å². The summed E-state index contributed by atoms with van der Waals surface area (Å²) >= 11 is 0. The summed E-state index contributed by atoms with van der Waals surface area (Å²) in [5, 5.41) is 0. The number of oxazole rings is 1. The molecule has 0 amide bonds. The molecule has 5 rings (SSSR count). The highest BCUT2D eigenvalue weighted by Gasteiger charge is 2.40. The Balaban J connectivity index is 1.22. The maximum Gasteiger partial charge on any atom is 0.208 e. The van der Waals surface area contributed by atoms with Crippen LogP contribution in [-0.4, -0.2) is 46.0 Å². The van der Waals surface area contributed by atoms with Gasteiger partial charge in [0.15, 0.2) is 0 Å². The fourth-order valence-corrected chi connectivity index (χ4v) is 4.52. The first kappa shape index (κ1) is 14.4. The first-order valence-electron chi connectivity index (χ1n) is 8.98. The summed E-state index contributed by atoms with van der Waals surface area (Å²) in [6.45, 7) is 7.36. The third kappa shape index (κ3) is 2.49. The molecule has 2 aromatic heterocycles. The minimum absolute atomic E-state index is 0.724. The highest BCUT2D eigenvalue weighted by atomic mass is 16.4. The second kappa shape index (κ2) is 5.55. The smallest absolute Gasteiger partial charge is 0.208 e. The molecule has 3 aliphatic rings. The van der Waals surface area contributed by atoms with Crippen molar-refractivity contribution in [2.24, 2.45) is 11.8 Å². The molecule has 0 spiro atoms. The molecule has 2 atom stereocenters. The molecule has 126 valence electrons. The zero-order chi connectivity index (χ0) is 16.1. The van der Waals surface area contributed by atoms with E-state index in [0.29, 0.717) is 0 Å². The first-order valence-corrected chi connectivity index (χ1v) is 8.98. The normalized spacial score (nSPS) is 26.1. The van der Waals surface area contributed by atoms with Gasteiger partial charge in [0.25, 0.3) is 0 Å². The molecule has 0 radical (unpaired) electrons. The lowest BCUT2D eigenvalue weighted by molar-refractivity contribution is 0.270. The molecular formula is C18H23N5O. The summed E-state index contributed by atoms with van der Waals surface area (Å²) in [7, 11) is 0. The van der Waals surface area contributed by atoms with E-state index in [9.17, 15) is 0 Å². The Kier molecular flexibility index (Phi) is 3.33. The Bertz CT molecular complexity index is 722. The Morgan fingerprint density at radius 3 is 2.71 bits per heavy atom. The van der Waals surface area contributed by atoms with Crippen molar-refractivity contribution in [3.05, 3.63) is 35.4 Å². The predicted octanol–water partition coefficient (Wildman–Crippen LogP) is 1.83. The van der Waals surface area contributed by atoms with Gasteiger partial charge in [-0.1, -0.05) is 0 Å². The number of aryl methyl sites for hydroxylation is 3. The molecule has 0 N–H and O–H groups in total. The number of hydrogen-bond acceptors (Lipinski definition) is 6. The summed E-state index contributed by atoms with van der Waals surface area (Å²) in [6.07, 6.45) is 5.04. The molecule has 6 heteroatoms. The van der Waals surface area contributed by atoms with Gasteiger partial charge in [0.2, 0.25) is 5.89 Å². The maximum atomic E-state index is 5.93. The summed E-state index contributed by atoms with van der Waals surface area (Å²) in [5.41, 5.74) is 2.24. The van der Waals surface area contributed by atoms with Crippen LogP contribution in [0.1, 0.15) is 29.5 Å². The van der Waals surface area contributed by atoms with Crippen LogP contribution in [0, 0.1) is 18.8 Å². The topological polar surface area (TPSA) is 58.3 Å². The van der Waals surface area contributed by atoms with Crippen LogP contribution in [0.15, 0.2) is 16.8 Å². The lowest BCUT2D eigenvalue weighted by Crippen LogP contribution is -2.29. The van der Waals surface area contributed by atoms with E-state index >= 15 is 0 Å². The number of aromatic nitrogens is 3. The summed E-state index contributed by atoms with van der Waals surface area (Å²) < 4.78 is 5.93. The molecule has 0 saturated carbocycles. The molecule has 2 aliphatic heterocycles. The average molecular weight is 325 g/mol. The Morgan fingerprint density at radius 1 is 1.12 bits per heavy atom. The fraction of sp³-hybridized carbons (Fsp3) is 0.611. The number of hydrogen-bond donors (Lipinski definition) is 0. The van der Waals surface area contributed by atoms with Crippen molar-refractivity contribution in [3.8, 4) is 0 Å². The number of rotatable bonds is 3. The molecular weight excluding hydrogens is 302 g/mol. The number of nitrogens with zero attached hydrogens (tertiary/aromatic N) is 5. The van der Waals surface area contributed by atoms with Gasteiger partial charge in [-0.15, -0.1) is 0 Å². The van der Waals surface area contributed by atoms with Gasteiger partial charge < -0.3 is 9.32 Å². The summed E-state index contributed by atoms with van der Waals surface area (Å²) in [6, 6.07) is 2.09. The minimum Gasteiger partial charge on any atom is -0.444 e. The Morgan fingerprint density at radius 2 is 1.96 bits per heavy atom. The van der Waals surface area contributed by atoms with Crippen molar-refractivity contribution in [2.75, 3.05) is 31.1 Å². The highest BCUT2D eigenvalue weighted by Crippen LogP contribution is 2.34. The van der Waals surface area contributed by atoms with E-state index in [4.69, 9.17) is 4.42 Å². The predicted molar refractivity (Wildman–Crippen MR) is 89.8 cm³/mol. The molecule has 0 bridgehead atoms. The van der Waals surface area contributed by atoms with E-state index in [1.54, 1.807) is 6.33 Å². The lowest BCUT2D eigenvalue weighted by atomic mass is 10.0. The van der Waals surface area contributed by atoms with E-state index in [2.05, 4.69) is 30.8 Å². The quantitative estimate of drug-likeness (QED) is 0.858. The highest BCUT2D eigenvalue weighted by molar-refractivity contribution is 5.40. The van der Waals surface area contributed by atoms with Gasteiger partial charge in [0.1, 0.15) is 17.9 Å². The third-order valence-corrected chi connectivity index (χ3v) is 5.67. The van der Waals surface area contributed by atoms with Crippen molar-refractivity contribution in [1.29, 1.82) is 0 Å². The van der Waals surface area contributed by atoms with E-state index in [0.717, 1.165) is 80.6 Å². The van der Waals surface area contributed by atoms with Gasteiger partial charge in [0.05, 0.1) is 12.2 Å². The van der Waals surface area contributed by atoms with Crippen molar-refractivity contribution >= 4 is 5.82 Å². The maximum absolute atomic E-state index is 5.93. The van der Waals surface area contributed by atoms with Gasteiger partial charge in [-0.25, -0.2) is 15.0 Å². The van der Waals surface area contributed by atoms with Crippen molar-refractivity contribution in [2.45, 2.75) is 32.7 Å². The Labute approximate surface area is 141 Å². The first-order chi connectivity index (χ1) is 11.7. The van der Waals surface area contributed by atoms with Gasteiger partial charge in [-0.2, -0.15) is 0 Å². The van der Waals surface area contributed by atoms with Crippen LogP contribution in [0.5, 0.6) is 0 Å². The summed E-state index contributed by atoms with van der Waals surface area (Å²) in [5.74, 6) is 4.58. The van der Waals surface area contributed by atoms with Crippen LogP contribution in [0.25, 0.3) is 0 Å². The van der Waals surface area contributed by atoms with E-state index in [1.165, 1.54) is 12.1 Å². The fourth-order valence-electron chi connectivity index (χ4n) is 4.52. The van der Waals surface area contributed by atoms with Crippen LogP contribution in [0.4, 0.5) is 5.82 Å². The van der Waals surface area contributed by atoms with Crippen LogP contribution in [0.2, 0.25) is 0 Å². The zero-order valence-electron chi connectivity index (χ0n) is 14.1. The molecule has 2 aromatic rings. The van der Waals surface area contributed by atoms with Gasteiger partial charge in [0, 0.05) is 44.4 Å². The van der Waals surface area contributed by atoms with Gasteiger partial charge in [-0.3, -0.25) is 4.90 Å². The standard InChI is InChI=1S/C18H23N5O/c1-12-5-17(20-11-19-12)23-8-13-6-22(7-14(13)9-23)10-18-21-15-3-2-4-16(15)24-18/h5,11,13-14H,2-4,6-10H2,1H3. The summed E-state index contributed by atoms with van der Waals surface area (Å²) in [4.78, 5) is 18.3. The third-order valence-electron chi connectivity index (χ3n) is 5.67. The second-order valence-electron chi connectivity index (χ2n) is 7.47. The number of likely N-dealkylation sites (tertiary alicyclic amines) is 1. The molecule has 2 unspecified atom stereocenters. The monoisotopic (exact) mass is 325 g/mol. The average Bonchev–Trinajstić information content (AvgIpc) is 3.26. The zero-order valence-corrected chi connectivity index (χ0v) is 14.1. The van der Waals surface area contributed by atoms with E-state index in [1.807, 2.05) is 6.92 Å². The molecule has 6 nitrogen and oxygen atoms in total. The molecule has 2 saturated heterocycles. The van der Waals surface area contributed by atoms with Gasteiger partial charge >= 0.3 is 0 Å². The molecule has 4 heterocycles.